The van der Waals surface area contributed by atoms with E-state index in [0.29, 0.717) is 5.02 Å². The van der Waals surface area contributed by atoms with Gasteiger partial charge in [0, 0.05) is 11.2 Å². The van der Waals surface area contributed by atoms with Crippen molar-refractivity contribution in [2.24, 2.45) is 0 Å². The summed E-state index contributed by atoms with van der Waals surface area (Å²) in [5.41, 5.74) is 2.70. The van der Waals surface area contributed by atoms with Gasteiger partial charge in [-0.15, -0.1) is 0 Å². The Kier molecular flexibility index (Phi) is 3.48. The Bertz CT molecular complexity index is 916. The maximum Gasteiger partial charge on any atom is 0.150 e. The standard InChI is InChI=1S/C20H14ClN3/c21-16-10-8-14(9-11-16)18-20(13-22,15-5-2-1-3-6-15)19-17(24-18)7-4-12-23-19/h1-12,18,24H/t18-,20-/m1/s1. The van der Waals surface area contributed by atoms with Gasteiger partial charge < -0.3 is 5.32 Å². The van der Waals surface area contributed by atoms with Crippen LogP contribution in [0.3, 0.4) is 0 Å². The summed E-state index contributed by atoms with van der Waals surface area (Å²) in [4.78, 5) is 4.54. The molecule has 116 valence electrons. The van der Waals surface area contributed by atoms with Gasteiger partial charge in [-0.25, -0.2) is 0 Å². The highest BCUT2D eigenvalue weighted by molar-refractivity contribution is 6.30. The lowest BCUT2D eigenvalue weighted by Gasteiger charge is -2.29. The van der Waals surface area contributed by atoms with Crippen molar-refractivity contribution in [3.63, 3.8) is 0 Å². The third kappa shape index (κ3) is 2.08. The topological polar surface area (TPSA) is 48.7 Å². The molecule has 1 N–H and O–H groups in total. The average molecular weight is 332 g/mol. The zero-order chi connectivity index (χ0) is 16.6. The molecule has 3 aromatic rings. The van der Waals surface area contributed by atoms with Crippen LogP contribution in [-0.2, 0) is 5.41 Å². The van der Waals surface area contributed by atoms with E-state index >= 15 is 0 Å². The predicted molar refractivity (Wildman–Crippen MR) is 94.9 cm³/mol. The highest BCUT2D eigenvalue weighted by Gasteiger charge is 2.51. The molecular weight excluding hydrogens is 318 g/mol. The maximum atomic E-state index is 10.2. The number of pyridine rings is 1. The molecule has 2 heterocycles. The van der Waals surface area contributed by atoms with Crippen LogP contribution < -0.4 is 5.32 Å². The third-order valence-corrected chi connectivity index (χ3v) is 4.77. The summed E-state index contributed by atoms with van der Waals surface area (Å²) in [6, 6.07) is 23.6. The maximum absolute atomic E-state index is 10.2. The molecule has 0 spiro atoms. The SMILES string of the molecule is N#C[C@]1(c2ccccc2)c2ncccc2N[C@@H]1c1ccc(Cl)cc1. The van der Waals surface area contributed by atoms with Crippen LogP contribution in [0.15, 0.2) is 72.9 Å². The Balaban J connectivity index is 1.97. The van der Waals surface area contributed by atoms with Gasteiger partial charge in [-0.3, -0.25) is 4.98 Å². The summed E-state index contributed by atoms with van der Waals surface area (Å²) in [5.74, 6) is 0. The van der Waals surface area contributed by atoms with E-state index in [2.05, 4.69) is 16.4 Å². The fraction of sp³-hybridized carbons (Fsp3) is 0.100. The number of halogens is 1. The van der Waals surface area contributed by atoms with Crippen LogP contribution in [0, 0.1) is 11.3 Å². The normalized spacial score (nSPS) is 21.6. The summed E-state index contributed by atoms with van der Waals surface area (Å²) in [6.45, 7) is 0. The van der Waals surface area contributed by atoms with Gasteiger partial charge in [-0.2, -0.15) is 5.26 Å². The van der Waals surface area contributed by atoms with E-state index < -0.39 is 5.41 Å². The van der Waals surface area contributed by atoms with Crippen molar-refractivity contribution in [3.05, 3.63) is 94.8 Å². The Labute approximate surface area is 145 Å². The molecule has 0 amide bonds. The first-order chi connectivity index (χ1) is 11.8. The van der Waals surface area contributed by atoms with Gasteiger partial charge in [-0.1, -0.05) is 54.1 Å². The van der Waals surface area contributed by atoms with Gasteiger partial charge in [0.1, 0.15) is 0 Å². The minimum Gasteiger partial charge on any atom is -0.374 e. The van der Waals surface area contributed by atoms with Crippen molar-refractivity contribution < 1.29 is 0 Å². The summed E-state index contributed by atoms with van der Waals surface area (Å²) in [6.07, 6.45) is 1.74. The van der Waals surface area contributed by atoms with Crippen molar-refractivity contribution in [1.29, 1.82) is 5.26 Å². The summed E-state index contributed by atoms with van der Waals surface area (Å²) >= 11 is 6.03. The van der Waals surface area contributed by atoms with Crippen LogP contribution in [0.5, 0.6) is 0 Å². The minimum absolute atomic E-state index is 0.230. The highest BCUT2D eigenvalue weighted by Crippen LogP contribution is 2.51. The van der Waals surface area contributed by atoms with Crippen LogP contribution in [0.1, 0.15) is 22.9 Å². The smallest absolute Gasteiger partial charge is 0.150 e. The van der Waals surface area contributed by atoms with Gasteiger partial charge in [0.15, 0.2) is 5.41 Å². The molecule has 1 aromatic heterocycles. The fourth-order valence-electron chi connectivity index (χ4n) is 3.41. The summed E-state index contributed by atoms with van der Waals surface area (Å²) < 4.78 is 0. The molecular formula is C20H14ClN3. The molecule has 0 bridgehead atoms. The minimum atomic E-state index is -0.883. The molecule has 0 saturated heterocycles. The van der Waals surface area contributed by atoms with Gasteiger partial charge in [0.2, 0.25) is 0 Å². The number of nitrogens with zero attached hydrogens (tertiary/aromatic N) is 2. The first kappa shape index (κ1) is 14.7. The van der Waals surface area contributed by atoms with Gasteiger partial charge in [0.05, 0.1) is 23.5 Å². The van der Waals surface area contributed by atoms with Gasteiger partial charge in [0.25, 0.3) is 0 Å². The van der Waals surface area contributed by atoms with Crippen molar-refractivity contribution in [1.82, 2.24) is 4.98 Å². The molecule has 4 rings (SSSR count). The third-order valence-electron chi connectivity index (χ3n) is 4.52. The summed E-state index contributed by atoms with van der Waals surface area (Å²) in [5, 5.41) is 14.4. The number of hydrogen-bond donors (Lipinski definition) is 1. The summed E-state index contributed by atoms with van der Waals surface area (Å²) in [7, 11) is 0. The molecule has 24 heavy (non-hydrogen) atoms. The van der Waals surface area contributed by atoms with Gasteiger partial charge in [-0.05, 0) is 35.4 Å². The van der Waals surface area contributed by atoms with E-state index in [-0.39, 0.29) is 6.04 Å². The molecule has 1 aliphatic heterocycles. The Morgan fingerprint density at radius 1 is 1.00 bits per heavy atom. The van der Waals surface area contributed by atoms with Crippen LogP contribution in [0.4, 0.5) is 5.69 Å². The second-order valence-electron chi connectivity index (χ2n) is 5.81. The first-order valence-electron chi connectivity index (χ1n) is 7.70. The van der Waals surface area contributed by atoms with E-state index in [1.807, 2.05) is 66.7 Å². The number of nitriles is 1. The fourth-order valence-corrected chi connectivity index (χ4v) is 3.54. The van der Waals surface area contributed by atoms with Crippen LogP contribution in [0.2, 0.25) is 5.02 Å². The van der Waals surface area contributed by atoms with Crippen LogP contribution in [-0.4, -0.2) is 4.98 Å². The number of nitrogens with one attached hydrogen (secondary N) is 1. The van der Waals surface area contributed by atoms with Crippen molar-refractivity contribution in [2.75, 3.05) is 5.32 Å². The molecule has 0 unspecified atom stereocenters. The number of aromatic nitrogens is 1. The zero-order valence-corrected chi connectivity index (χ0v) is 13.5. The van der Waals surface area contributed by atoms with E-state index in [9.17, 15) is 5.26 Å². The zero-order valence-electron chi connectivity index (χ0n) is 12.8. The molecule has 4 heteroatoms. The number of rotatable bonds is 2. The molecule has 0 saturated carbocycles. The Morgan fingerprint density at radius 2 is 1.75 bits per heavy atom. The molecule has 1 aliphatic rings. The predicted octanol–water partition coefficient (Wildman–Crippen LogP) is 4.71. The molecule has 3 nitrogen and oxygen atoms in total. The second kappa shape index (κ2) is 5.67. The molecule has 2 aromatic carbocycles. The molecule has 0 radical (unpaired) electrons. The monoisotopic (exact) mass is 331 g/mol. The lowest BCUT2D eigenvalue weighted by Crippen LogP contribution is -2.32. The molecule has 2 atom stereocenters. The number of benzene rings is 2. The van der Waals surface area contributed by atoms with Crippen molar-refractivity contribution >= 4 is 17.3 Å². The highest BCUT2D eigenvalue weighted by atomic mass is 35.5. The largest absolute Gasteiger partial charge is 0.374 e. The van der Waals surface area contributed by atoms with E-state index in [1.165, 1.54) is 0 Å². The van der Waals surface area contributed by atoms with Crippen LogP contribution in [0.25, 0.3) is 0 Å². The first-order valence-corrected chi connectivity index (χ1v) is 8.08. The Hall–Kier alpha value is -2.83. The number of hydrogen-bond acceptors (Lipinski definition) is 3. The van der Waals surface area contributed by atoms with E-state index in [4.69, 9.17) is 11.6 Å². The van der Waals surface area contributed by atoms with Crippen molar-refractivity contribution in [2.45, 2.75) is 11.5 Å². The lowest BCUT2D eigenvalue weighted by molar-refractivity contribution is 0.574. The quantitative estimate of drug-likeness (QED) is 0.739. The Morgan fingerprint density at radius 3 is 2.46 bits per heavy atom. The number of fused-ring (bicyclic) bond motifs is 1. The second-order valence-corrected chi connectivity index (χ2v) is 6.25. The van der Waals surface area contributed by atoms with Gasteiger partial charge >= 0.3 is 0 Å². The van der Waals surface area contributed by atoms with E-state index in [0.717, 1.165) is 22.5 Å². The molecule has 0 fully saturated rings. The lowest BCUT2D eigenvalue weighted by atomic mass is 9.72. The number of anilines is 1. The van der Waals surface area contributed by atoms with E-state index in [1.54, 1.807) is 6.20 Å². The van der Waals surface area contributed by atoms with Crippen molar-refractivity contribution in [3.8, 4) is 6.07 Å². The average Bonchev–Trinajstić information content (AvgIpc) is 2.98. The molecule has 0 aliphatic carbocycles. The van der Waals surface area contributed by atoms with Crippen LogP contribution >= 0.6 is 11.6 Å².